The first kappa shape index (κ1) is 31.2. The third-order valence-electron chi connectivity index (χ3n) is 8.97. The molecule has 5 rings (SSSR count). The summed E-state index contributed by atoms with van der Waals surface area (Å²) < 4.78 is 2.30. The SMILES string of the molecule is CC(C)(C)CN1CCC2(CC1)CCN(CCCn1ccnc1CC(NCc1cccc(/C=C/C(=O)O)c1)c1ncc[nH]1)C2. The molecule has 1 unspecified atom stereocenters. The quantitative estimate of drug-likeness (QED) is 0.242. The van der Waals surface area contributed by atoms with Crippen LogP contribution in [0.25, 0.3) is 6.08 Å². The van der Waals surface area contributed by atoms with Crippen LogP contribution in [0.4, 0.5) is 0 Å². The van der Waals surface area contributed by atoms with Crippen LogP contribution in [0, 0.1) is 10.8 Å². The summed E-state index contributed by atoms with van der Waals surface area (Å²) in [5.74, 6) is 0.983. The first-order valence-corrected chi connectivity index (χ1v) is 15.8. The zero-order valence-corrected chi connectivity index (χ0v) is 26.1. The van der Waals surface area contributed by atoms with Gasteiger partial charge in [0.05, 0.1) is 6.04 Å². The lowest BCUT2D eigenvalue weighted by atomic mass is 9.77. The number of piperidine rings is 1. The van der Waals surface area contributed by atoms with E-state index in [9.17, 15) is 4.79 Å². The number of aliphatic carboxylic acids is 1. The molecule has 1 atom stereocenters. The number of hydrogen-bond donors (Lipinski definition) is 3. The number of carbonyl (C=O) groups is 1. The Morgan fingerprint density at radius 2 is 1.91 bits per heavy atom. The molecule has 2 aromatic heterocycles. The summed E-state index contributed by atoms with van der Waals surface area (Å²) in [6.45, 7) is 16.0. The largest absolute Gasteiger partial charge is 0.478 e. The van der Waals surface area contributed by atoms with Gasteiger partial charge in [-0.3, -0.25) is 0 Å². The molecular formula is C34H49N7O2. The van der Waals surface area contributed by atoms with Crippen LogP contribution in [-0.2, 0) is 24.3 Å². The molecular weight excluding hydrogens is 538 g/mol. The summed E-state index contributed by atoms with van der Waals surface area (Å²) in [6, 6.07) is 7.87. The van der Waals surface area contributed by atoms with E-state index < -0.39 is 5.97 Å². The number of carboxylic acids is 1. The number of hydrogen-bond acceptors (Lipinski definition) is 6. The Labute approximate surface area is 256 Å². The second-order valence-corrected chi connectivity index (χ2v) is 13.8. The second kappa shape index (κ2) is 14.0. The average molecular weight is 588 g/mol. The van der Waals surface area contributed by atoms with Gasteiger partial charge >= 0.3 is 5.97 Å². The molecule has 0 saturated carbocycles. The Hall–Kier alpha value is -3.27. The summed E-state index contributed by atoms with van der Waals surface area (Å²) in [5.41, 5.74) is 2.85. The van der Waals surface area contributed by atoms with Crippen molar-refractivity contribution in [3.05, 3.63) is 77.9 Å². The molecule has 232 valence electrons. The summed E-state index contributed by atoms with van der Waals surface area (Å²) in [7, 11) is 0. The fourth-order valence-electron chi connectivity index (χ4n) is 6.81. The lowest BCUT2D eigenvalue weighted by Crippen LogP contribution is -2.44. The van der Waals surface area contributed by atoms with Crippen molar-refractivity contribution in [1.29, 1.82) is 0 Å². The molecule has 0 bridgehead atoms. The zero-order valence-electron chi connectivity index (χ0n) is 26.1. The van der Waals surface area contributed by atoms with Crippen LogP contribution in [0.3, 0.4) is 0 Å². The maximum absolute atomic E-state index is 10.9. The van der Waals surface area contributed by atoms with Crippen molar-refractivity contribution in [2.45, 2.75) is 72.0 Å². The van der Waals surface area contributed by atoms with Gasteiger partial charge in [0, 0.05) is 63.5 Å². The predicted molar refractivity (Wildman–Crippen MR) is 170 cm³/mol. The molecule has 1 spiro atoms. The van der Waals surface area contributed by atoms with Crippen LogP contribution in [0.5, 0.6) is 0 Å². The van der Waals surface area contributed by atoms with E-state index in [1.807, 2.05) is 36.7 Å². The van der Waals surface area contributed by atoms with E-state index in [2.05, 4.69) is 56.6 Å². The lowest BCUT2D eigenvalue weighted by Gasteiger charge is -2.41. The number of H-pyrrole nitrogens is 1. The van der Waals surface area contributed by atoms with Crippen LogP contribution in [0.15, 0.2) is 55.1 Å². The number of likely N-dealkylation sites (tertiary alicyclic amines) is 2. The molecule has 0 radical (unpaired) electrons. The molecule has 2 fully saturated rings. The number of carboxylic acid groups (broad SMARTS) is 1. The Morgan fingerprint density at radius 1 is 1.12 bits per heavy atom. The predicted octanol–water partition coefficient (Wildman–Crippen LogP) is 5.00. The van der Waals surface area contributed by atoms with Crippen molar-refractivity contribution >= 4 is 12.0 Å². The molecule has 43 heavy (non-hydrogen) atoms. The van der Waals surface area contributed by atoms with Gasteiger partial charge in [0.25, 0.3) is 0 Å². The number of aryl methyl sites for hydroxylation is 1. The minimum Gasteiger partial charge on any atom is -0.478 e. The minimum absolute atomic E-state index is 0.0306. The number of imidazole rings is 2. The van der Waals surface area contributed by atoms with E-state index in [1.54, 1.807) is 12.3 Å². The van der Waals surface area contributed by atoms with Gasteiger partial charge in [0.15, 0.2) is 0 Å². The minimum atomic E-state index is -0.950. The fourth-order valence-corrected chi connectivity index (χ4v) is 6.81. The summed E-state index contributed by atoms with van der Waals surface area (Å²) in [4.78, 5) is 28.8. The number of aromatic nitrogens is 4. The van der Waals surface area contributed by atoms with E-state index in [1.165, 1.54) is 52.0 Å². The average Bonchev–Trinajstić information content (AvgIpc) is 3.74. The van der Waals surface area contributed by atoms with Gasteiger partial charge in [-0.2, -0.15) is 0 Å². The Balaban J connectivity index is 1.12. The molecule has 2 aliphatic rings. The second-order valence-electron chi connectivity index (χ2n) is 13.8. The summed E-state index contributed by atoms with van der Waals surface area (Å²) in [6.07, 6.45) is 16.3. The smallest absolute Gasteiger partial charge is 0.328 e. The highest BCUT2D eigenvalue weighted by Crippen LogP contribution is 2.40. The molecule has 9 nitrogen and oxygen atoms in total. The molecule has 3 aromatic rings. The zero-order chi connectivity index (χ0) is 30.3. The van der Waals surface area contributed by atoms with Gasteiger partial charge in [-0.05, 0) is 79.9 Å². The Morgan fingerprint density at radius 3 is 2.63 bits per heavy atom. The molecule has 0 amide bonds. The third-order valence-corrected chi connectivity index (χ3v) is 8.97. The van der Waals surface area contributed by atoms with Crippen LogP contribution < -0.4 is 5.32 Å². The number of rotatable bonds is 13. The summed E-state index contributed by atoms with van der Waals surface area (Å²) in [5, 5.41) is 12.6. The lowest BCUT2D eigenvalue weighted by molar-refractivity contribution is -0.131. The first-order valence-electron chi connectivity index (χ1n) is 15.8. The van der Waals surface area contributed by atoms with E-state index in [4.69, 9.17) is 10.1 Å². The van der Waals surface area contributed by atoms with Crippen LogP contribution in [-0.4, -0.2) is 79.7 Å². The van der Waals surface area contributed by atoms with E-state index in [0.717, 1.165) is 54.8 Å². The van der Waals surface area contributed by atoms with Crippen LogP contribution >= 0.6 is 0 Å². The topological polar surface area (TPSA) is 102 Å². The van der Waals surface area contributed by atoms with Gasteiger partial charge < -0.3 is 29.8 Å². The monoisotopic (exact) mass is 587 g/mol. The Kier molecular flexibility index (Phi) is 10.2. The third kappa shape index (κ3) is 9.11. The van der Waals surface area contributed by atoms with Crippen molar-refractivity contribution in [2.75, 3.05) is 39.3 Å². The highest BCUT2D eigenvalue weighted by Gasteiger charge is 2.40. The molecule has 9 heteroatoms. The molecule has 3 N–H and O–H groups in total. The maximum atomic E-state index is 10.9. The van der Waals surface area contributed by atoms with Gasteiger partial charge in [-0.25, -0.2) is 14.8 Å². The number of benzene rings is 1. The molecule has 4 heterocycles. The van der Waals surface area contributed by atoms with Crippen molar-refractivity contribution in [1.82, 2.24) is 34.6 Å². The summed E-state index contributed by atoms with van der Waals surface area (Å²) >= 11 is 0. The van der Waals surface area contributed by atoms with E-state index in [0.29, 0.717) is 17.4 Å². The van der Waals surface area contributed by atoms with Gasteiger partial charge in [-0.15, -0.1) is 0 Å². The maximum Gasteiger partial charge on any atom is 0.328 e. The van der Waals surface area contributed by atoms with Gasteiger partial charge in [-0.1, -0.05) is 45.0 Å². The normalized spacial score (nSPS) is 18.6. The van der Waals surface area contributed by atoms with Crippen molar-refractivity contribution in [3.8, 4) is 0 Å². The van der Waals surface area contributed by atoms with Crippen LogP contribution in [0.2, 0.25) is 0 Å². The van der Waals surface area contributed by atoms with Gasteiger partial charge in [0.1, 0.15) is 11.6 Å². The van der Waals surface area contributed by atoms with Gasteiger partial charge in [0.2, 0.25) is 0 Å². The molecule has 2 saturated heterocycles. The standard InChI is InChI=1S/C34H49N7O2/c1-33(2,3)25-40-19-11-34(12-20-40)10-18-39(26-34)16-5-17-41-21-15-35-30(41)23-29(32-36-13-14-37-32)38-24-28-7-4-6-27(22-28)8-9-31(42)43/h4,6-9,13-15,21-22,29,38H,5,10-12,16-20,23-26H2,1-3H3,(H,36,37)(H,42,43)/b9-8+. The van der Waals surface area contributed by atoms with Crippen molar-refractivity contribution in [2.24, 2.45) is 10.8 Å². The van der Waals surface area contributed by atoms with E-state index in [-0.39, 0.29) is 6.04 Å². The fraction of sp³-hybridized carbons (Fsp3) is 0.559. The number of nitrogens with one attached hydrogen (secondary N) is 2. The van der Waals surface area contributed by atoms with Crippen molar-refractivity contribution in [3.63, 3.8) is 0 Å². The molecule has 2 aliphatic heterocycles. The molecule has 0 aliphatic carbocycles. The number of nitrogens with zero attached hydrogens (tertiary/aromatic N) is 5. The number of aromatic amines is 1. The highest BCUT2D eigenvalue weighted by molar-refractivity contribution is 5.85. The highest BCUT2D eigenvalue weighted by atomic mass is 16.4. The first-order chi connectivity index (χ1) is 20.7. The van der Waals surface area contributed by atoms with E-state index >= 15 is 0 Å². The van der Waals surface area contributed by atoms with Crippen molar-refractivity contribution < 1.29 is 9.90 Å². The van der Waals surface area contributed by atoms with Crippen LogP contribution in [0.1, 0.15) is 75.3 Å². The Bertz CT molecular complexity index is 1330. The molecule has 1 aromatic carbocycles.